The lowest BCUT2D eigenvalue weighted by atomic mass is 9.78. The second kappa shape index (κ2) is 33.1. The molecule has 0 aliphatic carbocycles. The molecular formula is C71H73BBrCl2N17O11. The summed E-state index contributed by atoms with van der Waals surface area (Å²) >= 11 is 15.7. The summed E-state index contributed by atoms with van der Waals surface area (Å²) < 4.78 is 35.2. The molecule has 0 saturated carbocycles. The molecule has 14 heterocycles. The van der Waals surface area contributed by atoms with E-state index in [1.54, 1.807) is 91.4 Å². The fraction of sp³-hybridized carbons (Fsp3) is 0.268. The van der Waals surface area contributed by atoms with Crippen LogP contribution in [0.4, 0.5) is 17.5 Å². The number of H-pyrrole nitrogens is 2. The third-order valence-electron chi connectivity index (χ3n) is 16.4. The number of furan rings is 3. The topological polar surface area (TPSA) is 326 Å². The molecule has 13 aromatic rings. The zero-order valence-corrected chi connectivity index (χ0v) is 59.4. The maximum absolute atomic E-state index is 12.0. The Morgan fingerprint density at radius 3 is 1.38 bits per heavy atom. The Bertz CT molecular complexity index is 5290. The van der Waals surface area contributed by atoms with Crippen LogP contribution in [0, 0.1) is 0 Å². The molecule has 3 aliphatic rings. The maximum Gasteiger partial charge on any atom is 0.489 e. The fourth-order valence-electron chi connectivity index (χ4n) is 11.2. The lowest BCUT2D eigenvalue weighted by Crippen LogP contribution is -2.37. The van der Waals surface area contributed by atoms with Gasteiger partial charge in [-0.05, 0) is 122 Å². The van der Waals surface area contributed by atoms with Gasteiger partial charge in [-0.3, -0.25) is 14.4 Å². The molecule has 4 N–H and O–H groups in total. The van der Waals surface area contributed by atoms with Gasteiger partial charge in [0.1, 0.15) is 16.6 Å². The fourth-order valence-corrected chi connectivity index (χ4v) is 11.9. The molecule has 0 atom stereocenters. The number of amides is 3. The van der Waals surface area contributed by atoms with Gasteiger partial charge in [0.2, 0.25) is 45.4 Å². The van der Waals surface area contributed by atoms with E-state index in [1.165, 1.54) is 32.9 Å². The molecule has 32 heteroatoms. The number of ether oxygens (including phenoxy) is 3. The number of likely N-dealkylation sites (N-methyl/N-ethyl adjacent to an activating group) is 3. The molecule has 0 unspecified atom stereocenters. The van der Waals surface area contributed by atoms with Crippen LogP contribution in [0.2, 0.25) is 10.6 Å². The van der Waals surface area contributed by atoms with Gasteiger partial charge in [0.25, 0.3) is 0 Å². The van der Waals surface area contributed by atoms with E-state index >= 15 is 0 Å². The van der Waals surface area contributed by atoms with E-state index in [4.69, 9.17) is 70.7 Å². The van der Waals surface area contributed by atoms with Gasteiger partial charge in [-0.25, -0.2) is 34.9 Å². The van der Waals surface area contributed by atoms with E-state index in [1.807, 2.05) is 60.8 Å². The molecule has 532 valence electrons. The van der Waals surface area contributed by atoms with Crippen molar-refractivity contribution >= 4 is 187 Å². The van der Waals surface area contributed by atoms with E-state index < -0.39 is 7.12 Å². The molecule has 2 aromatic carbocycles. The van der Waals surface area contributed by atoms with Gasteiger partial charge in [0, 0.05) is 151 Å². The van der Waals surface area contributed by atoms with Crippen LogP contribution >= 0.6 is 39.1 Å². The molecule has 3 saturated heterocycles. The Balaban J connectivity index is 0.000000139. The lowest BCUT2D eigenvalue weighted by Gasteiger charge is -2.27. The quantitative estimate of drug-likeness (QED) is 0.0562. The molecule has 3 fully saturated rings. The third kappa shape index (κ3) is 16.9. The third-order valence-corrected chi connectivity index (χ3v) is 17.2. The number of carbonyl (C=O) groups excluding carboxylic acids is 3. The number of morpholine rings is 3. The molecule has 103 heavy (non-hydrogen) atoms. The summed E-state index contributed by atoms with van der Waals surface area (Å²) in [5.74, 6) is 2.44. The number of nitrogens with zero attached hydrogens (tertiary/aromatic N) is 15. The molecule has 28 nitrogen and oxygen atoms in total. The zero-order chi connectivity index (χ0) is 71.7. The largest absolute Gasteiger partial charge is 0.489 e. The van der Waals surface area contributed by atoms with Crippen molar-refractivity contribution < 1.29 is 51.9 Å². The molecule has 0 spiro atoms. The van der Waals surface area contributed by atoms with E-state index in [-0.39, 0.29) is 35.7 Å². The molecule has 3 aliphatic heterocycles. The lowest BCUT2D eigenvalue weighted by molar-refractivity contribution is -0.124. The van der Waals surface area contributed by atoms with Gasteiger partial charge >= 0.3 is 7.12 Å². The number of hydrogen-bond acceptors (Lipinski definition) is 23. The average molecular weight is 1500 g/mol. The van der Waals surface area contributed by atoms with Crippen molar-refractivity contribution in [2.24, 2.45) is 0 Å². The Kier molecular flexibility index (Phi) is 23.7. The van der Waals surface area contributed by atoms with Crippen LogP contribution in [0.5, 0.6) is 0 Å². The summed E-state index contributed by atoms with van der Waals surface area (Å²) in [6.45, 7) is 11.4. The number of rotatable bonds is 10. The number of halogens is 3. The van der Waals surface area contributed by atoms with Crippen molar-refractivity contribution in [3.05, 3.63) is 149 Å². The summed E-state index contributed by atoms with van der Waals surface area (Å²) in [5, 5.41) is 22.5. The van der Waals surface area contributed by atoms with E-state index in [2.05, 4.69) is 82.1 Å². The summed E-state index contributed by atoms with van der Waals surface area (Å²) in [6, 6.07) is 21.0. The molecular weight excluding hydrogens is 1430 g/mol. The standard InChI is InChI=1S/C26H24N6O3.C18H18ClN5O3.C13H10BrClN4O2.C8H8BNO2.C5H9NO.CH4/c1-31(2)21(33)7-6-16-14-19-22-23(35-26(19)28-15-16)25(32-10-12-34-13-11-32)30-24(29-22)18-4-3-5-20-17(18)8-9-27-20;1-23(2)13(25)4-3-11-9-12-14-15(27-17(12)20-10-11)16(22-18(19)21-14)24-5-7-26-8-6-24;14-7-5-8-9-10(21-12(8)16-6-7)11(18-13(15)17-9)19-1-3-20-4-2-19;11-9(12)7-2-1-3-8-6(7)4-5-10-8;1-4-5(7)6(2)3;/h3-9,14-15,27H,10-13H2,1-2H3;3-4,9-10H,5-8H2,1-2H3;5-6H,1-4H2;1-5,10-12H;4H,1H2,2-3H3;1H4/b7-6+;4-3+;;;;. The van der Waals surface area contributed by atoms with Crippen LogP contribution in [-0.4, -0.2) is 226 Å². The van der Waals surface area contributed by atoms with Crippen molar-refractivity contribution in [3.8, 4) is 11.4 Å². The predicted octanol–water partition coefficient (Wildman–Crippen LogP) is 9.99. The summed E-state index contributed by atoms with van der Waals surface area (Å²) in [4.78, 5) is 91.6. The number of aromatic amines is 2. The summed E-state index contributed by atoms with van der Waals surface area (Å²) in [5.41, 5.74) is 10.2. The van der Waals surface area contributed by atoms with Crippen LogP contribution in [-0.2, 0) is 28.6 Å². The highest BCUT2D eigenvalue weighted by atomic mass is 79.9. The normalized spacial score (nSPS) is 13.9. The molecule has 16 rings (SSSR count). The number of nitrogens with one attached hydrogen (secondary N) is 2. The number of aromatic nitrogens is 11. The van der Waals surface area contributed by atoms with E-state index in [0.717, 1.165) is 78.0 Å². The first-order valence-electron chi connectivity index (χ1n) is 32.2. The summed E-state index contributed by atoms with van der Waals surface area (Å²) in [7, 11) is 8.80. The highest BCUT2D eigenvalue weighted by Crippen LogP contribution is 2.39. The van der Waals surface area contributed by atoms with Gasteiger partial charge in [-0.2, -0.15) is 9.97 Å². The Hall–Kier alpha value is -10.4. The minimum Gasteiger partial charge on any atom is -0.432 e. The first kappa shape index (κ1) is 73.8. The van der Waals surface area contributed by atoms with Crippen LogP contribution in [0.15, 0.2) is 140 Å². The molecule has 11 aromatic heterocycles. The zero-order valence-electron chi connectivity index (χ0n) is 56.3. The molecule has 0 radical (unpaired) electrons. The summed E-state index contributed by atoms with van der Waals surface area (Å²) in [6.07, 6.45) is 16.5. The predicted molar refractivity (Wildman–Crippen MR) is 405 cm³/mol. The van der Waals surface area contributed by atoms with Gasteiger partial charge in [0.15, 0.2) is 40.0 Å². The number of benzene rings is 2. The van der Waals surface area contributed by atoms with Gasteiger partial charge in [0.05, 0.1) is 55.8 Å². The van der Waals surface area contributed by atoms with Crippen LogP contribution < -0.4 is 20.2 Å². The van der Waals surface area contributed by atoms with Crippen molar-refractivity contribution in [2.75, 3.05) is 136 Å². The van der Waals surface area contributed by atoms with Crippen molar-refractivity contribution in [1.29, 1.82) is 0 Å². The highest BCUT2D eigenvalue weighted by molar-refractivity contribution is 9.10. The Labute approximate surface area is 608 Å². The smallest absolute Gasteiger partial charge is 0.432 e. The monoisotopic (exact) mass is 1500 g/mol. The highest BCUT2D eigenvalue weighted by Gasteiger charge is 2.27. The second-order valence-electron chi connectivity index (χ2n) is 23.9. The Morgan fingerprint density at radius 2 is 0.942 bits per heavy atom. The van der Waals surface area contributed by atoms with Crippen molar-refractivity contribution in [1.82, 2.24) is 69.5 Å². The SMILES string of the molecule is C.C=CC(=O)N(C)C.CN(C)C(=O)/C=C/c1cnc2oc3c(N4CCOCC4)nc(-c4cccc5[nH]ccc45)nc3c2c1.CN(C)C(=O)/C=C/c1cnc2oc3c(N4CCOCC4)nc(Cl)nc3c2c1.Clc1nc(N2CCOCC2)c2oc3ncc(Br)cc3c2n1.OB(O)c1cccc2[nH]ccc12. The van der Waals surface area contributed by atoms with Crippen molar-refractivity contribution in [2.45, 2.75) is 7.43 Å². The number of pyridine rings is 3. The van der Waals surface area contributed by atoms with Gasteiger partial charge in [-0.15, -0.1) is 0 Å². The van der Waals surface area contributed by atoms with E-state index in [9.17, 15) is 14.4 Å². The molecule has 3 amide bonds. The van der Waals surface area contributed by atoms with Gasteiger partial charge < -0.3 is 76.9 Å². The van der Waals surface area contributed by atoms with Crippen LogP contribution in [0.1, 0.15) is 18.6 Å². The first-order valence-corrected chi connectivity index (χ1v) is 33.7. The minimum absolute atomic E-state index is 0. The first-order chi connectivity index (χ1) is 49.3. The van der Waals surface area contributed by atoms with Crippen molar-refractivity contribution in [3.63, 3.8) is 0 Å². The van der Waals surface area contributed by atoms with Crippen LogP contribution in [0.25, 0.3) is 112 Å². The van der Waals surface area contributed by atoms with E-state index in [0.29, 0.717) is 139 Å². The number of carbonyl (C=O) groups is 3. The van der Waals surface area contributed by atoms with Crippen LogP contribution in [0.3, 0.4) is 0 Å². The number of hydrogen-bond donors (Lipinski definition) is 4. The Morgan fingerprint density at radius 1 is 0.534 bits per heavy atom. The minimum atomic E-state index is -1.40. The average Bonchev–Trinajstić information content (AvgIpc) is 1.62. The molecule has 0 bridgehead atoms. The van der Waals surface area contributed by atoms with Gasteiger partial charge in [-0.1, -0.05) is 38.3 Å². The maximum atomic E-state index is 12.0. The number of anilines is 3. The number of fused-ring (bicyclic) bond motifs is 11. The second-order valence-corrected chi connectivity index (χ2v) is 25.5.